The third-order valence-corrected chi connectivity index (χ3v) is 1.90. The molecule has 0 saturated carbocycles. The van der Waals surface area contributed by atoms with Crippen LogP contribution in [0.2, 0.25) is 0 Å². The summed E-state index contributed by atoms with van der Waals surface area (Å²) < 4.78 is 17.5. The maximum Gasteiger partial charge on any atom is 0.173 e. The van der Waals surface area contributed by atoms with Crippen LogP contribution in [0.1, 0.15) is 0 Å². The number of nitrogens with two attached hydrogens (primary N) is 1. The predicted molar refractivity (Wildman–Crippen MR) is 36.8 cm³/mol. The lowest BCUT2D eigenvalue weighted by Crippen LogP contribution is -2.60. The van der Waals surface area contributed by atoms with Gasteiger partial charge in [-0.25, -0.2) is 4.39 Å². The molecule has 1 saturated heterocycles. The molecule has 0 aromatic carbocycles. The molecule has 5 nitrogen and oxygen atoms in total. The summed E-state index contributed by atoms with van der Waals surface area (Å²) in [7, 11) is 0. The van der Waals surface area contributed by atoms with Crippen molar-refractivity contribution in [3.05, 3.63) is 0 Å². The van der Waals surface area contributed by atoms with E-state index in [4.69, 9.17) is 21.1 Å². The molecule has 1 aliphatic heterocycles. The summed E-state index contributed by atoms with van der Waals surface area (Å²) in [6, 6.07) is -1.16. The molecule has 5 atom stereocenters. The Morgan fingerprint density at radius 1 is 1.42 bits per heavy atom. The van der Waals surface area contributed by atoms with E-state index in [9.17, 15) is 4.39 Å². The quantitative estimate of drug-likeness (QED) is 0.365. The van der Waals surface area contributed by atoms with Gasteiger partial charge in [-0.1, -0.05) is 0 Å². The maximum absolute atomic E-state index is 12.9. The fourth-order valence-corrected chi connectivity index (χ4v) is 1.09. The molecule has 0 aliphatic carbocycles. The Labute approximate surface area is 68.6 Å². The van der Waals surface area contributed by atoms with Gasteiger partial charge in [-0.2, -0.15) is 0 Å². The molecule has 72 valence electrons. The Bertz CT molecular complexity index is 154. The first-order chi connectivity index (χ1) is 5.57. The SMILES string of the molecule is N[C@H]1[C@H](O)O[C@H](CO)C(F)[C@@H]1O. The van der Waals surface area contributed by atoms with Gasteiger partial charge in [-0.05, 0) is 0 Å². The van der Waals surface area contributed by atoms with Crippen molar-refractivity contribution in [2.24, 2.45) is 5.73 Å². The Morgan fingerprint density at radius 2 is 2.00 bits per heavy atom. The summed E-state index contributed by atoms with van der Waals surface area (Å²) in [4.78, 5) is 0. The van der Waals surface area contributed by atoms with E-state index >= 15 is 0 Å². The van der Waals surface area contributed by atoms with Gasteiger partial charge in [0.2, 0.25) is 0 Å². The van der Waals surface area contributed by atoms with Crippen molar-refractivity contribution in [1.29, 1.82) is 0 Å². The molecule has 5 N–H and O–H groups in total. The predicted octanol–water partition coefficient (Wildman–Crippen LogP) is -2.28. The molecule has 0 aromatic heterocycles. The molecule has 0 amide bonds. The topological polar surface area (TPSA) is 95.9 Å². The minimum atomic E-state index is -1.76. The number of ether oxygens (including phenoxy) is 1. The van der Waals surface area contributed by atoms with E-state index in [1.807, 2.05) is 0 Å². The Morgan fingerprint density at radius 3 is 2.50 bits per heavy atom. The molecule has 0 spiro atoms. The molecule has 1 rings (SSSR count). The fraction of sp³-hybridized carbons (Fsp3) is 1.00. The van der Waals surface area contributed by atoms with Crippen LogP contribution >= 0.6 is 0 Å². The van der Waals surface area contributed by atoms with Gasteiger partial charge in [-0.15, -0.1) is 0 Å². The van der Waals surface area contributed by atoms with Crippen LogP contribution in [0.5, 0.6) is 0 Å². The third kappa shape index (κ3) is 1.57. The van der Waals surface area contributed by atoms with Gasteiger partial charge in [0.05, 0.1) is 12.6 Å². The molecular weight excluding hydrogens is 169 g/mol. The van der Waals surface area contributed by atoms with Crippen LogP contribution < -0.4 is 5.73 Å². The minimum Gasteiger partial charge on any atom is -0.394 e. The lowest BCUT2D eigenvalue weighted by atomic mass is 9.99. The van der Waals surface area contributed by atoms with E-state index in [-0.39, 0.29) is 0 Å². The summed E-state index contributed by atoms with van der Waals surface area (Å²) in [5, 5.41) is 26.6. The van der Waals surface area contributed by atoms with Gasteiger partial charge in [0.15, 0.2) is 12.5 Å². The zero-order chi connectivity index (χ0) is 9.30. The van der Waals surface area contributed by atoms with E-state index in [0.717, 1.165) is 0 Å². The van der Waals surface area contributed by atoms with Crippen LogP contribution in [-0.4, -0.2) is 52.6 Å². The Balaban J connectivity index is 2.63. The Hall–Kier alpha value is -0.270. The van der Waals surface area contributed by atoms with Gasteiger partial charge in [0, 0.05) is 0 Å². The first-order valence-corrected chi connectivity index (χ1v) is 3.60. The van der Waals surface area contributed by atoms with Crippen LogP contribution in [-0.2, 0) is 4.74 Å². The van der Waals surface area contributed by atoms with Crippen LogP contribution in [0.25, 0.3) is 0 Å². The van der Waals surface area contributed by atoms with Gasteiger partial charge in [0.25, 0.3) is 0 Å². The molecule has 1 fully saturated rings. The van der Waals surface area contributed by atoms with E-state index in [0.29, 0.717) is 0 Å². The van der Waals surface area contributed by atoms with Crippen LogP contribution in [0, 0.1) is 0 Å². The van der Waals surface area contributed by atoms with Gasteiger partial charge < -0.3 is 25.8 Å². The fourth-order valence-electron chi connectivity index (χ4n) is 1.09. The third-order valence-electron chi connectivity index (χ3n) is 1.90. The highest BCUT2D eigenvalue weighted by Crippen LogP contribution is 2.20. The first kappa shape index (κ1) is 9.82. The summed E-state index contributed by atoms with van der Waals surface area (Å²) >= 11 is 0. The lowest BCUT2D eigenvalue weighted by Gasteiger charge is -2.36. The highest BCUT2D eigenvalue weighted by molar-refractivity contribution is 4.90. The molecule has 0 aromatic rings. The lowest BCUT2D eigenvalue weighted by molar-refractivity contribution is -0.234. The highest BCUT2D eigenvalue weighted by atomic mass is 19.1. The van der Waals surface area contributed by atoms with Crippen molar-refractivity contribution >= 4 is 0 Å². The van der Waals surface area contributed by atoms with Gasteiger partial charge in [-0.3, -0.25) is 0 Å². The first-order valence-electron chi connectivity index (χ1n) is 3.60. The van der Waals surface area contributed by atoms with Gasteiger partial charge in [0.1, 0.15) is 12.2 Å². The standard InChI is InChI=1S/C6H12FNO4/c7-3-2(1-9)12-6(11)4(8)5(3)10/h2-6,9-11H,1,8H2/t2-,3?,4-,5+,6-/m1/s1. The van der Waals surface area contributed by atoms with Gasteiger partial charge >= 0.3 is 0 Å². The molecule has 1 aliphatic rings. The number of aliphatic hydroxyl groups is 3. The smallest absolute Gasteiger partial charge is 0.173 e. The van der Waals surface area contributed by atoms with E-state index in [2.05, 4.69) is 4.74 Å². The molecule has 12 heavy (non-hydrogen) atoms. The number of hydrogen-bond acceptors (Lipinski definition) is 5. The second-order valence-corrected chi connectivity index (χ2v) is 2.76. The van der Waals surface area contributed by atoms with E-state index < -0.39 is 37.3 Å². The van der Waals surface area contributed by atoms with Crippen molar-refractivity contribution in [2.75, 3.05) is 6.61 Å². The molecule has 0 bridgehead atoms. The second kappa shape index (κ2) is 3.63. The number of alkyl halides is 1. The zero-order valence-corrected chi connectivity index (χ0v) is 6.30. The van der Waals surface area contributed by atoms with Crippen molar-refractivity contribution < 1.29 is 24.4 Å². The number of aliphatic hydroxyl groups excluding tert-OH is 3. The second-order valence-electron chi connectivity index (χ2n) is 2.76. The largest absolute Gasteiger partial charge is 0.394 e. The summed E-state index contributed by atoms with van der Waals surface area (Å²) in [5.74, 6) is 0. The molecule has 0 radical (unpaired) electrons. The average molecular weight is 181 g/mol. The maximum atomic E-state index is 12.9. The molecular formula is C6H12FNO4. The summed E-state index contributed by atoms with van der Waals surface area (Å²) in [6.07, 6.45) is -5.88. The van der Waals surface area contributed by atoms with Crippen molar-refractivity contribution in [1.82, 2.24) is 0 Å². The van der Waals surface area contributed by atoms with Crippen LogP contribution in [0.15, 0.2) is 0 Å². The number of hydrogen-bond donors (Lipinski definition) is 4. The Kier molecular flexibility index (Phi) is 2.97. The van der Waals surface area contributed by atoms with Crippen molar-refractivity contribution in [2.45, 2.75) is 30.7 Å². The van der Waals surface area contributed by atoms with E-state index in [1.54, 1.807) is 0 Å². The normalized spacial score (nSPS) is 49.2. The van der Waals surface area contributed by atoms with Crippen molar-refractivity contribution in [3.8, 4) is 0 Å². The number of rotatable bonds is 1. The summed E-state index contributed by atoms with van der Waals surface area (Å²) in [6.45, 7) is -0.595. The number of halogens is 1. The van der Waals surface area contributed by atoms with Crippen LogP contribution in [0.3, 0.4) is 0 Å². The van der Waals surface area contributed by atoms with Crippen LogP contribution in [0.4, 0.5) is 4.39 Å². The monoisotopic (exact) mass is 181 g/mol. The summed E-state index contributed by atoms with van der Waals surface area (Å²) in [5.41, 5.74) is 5.18. The zero-order valence-electron chi connectivity index (χ0n) is 6.30. The molecule has 1 heterocycles. The average Bonchev–Trinajstić information content (AvgIpc) is 2.08. The molecule has 6 heteroatoms. The highest BCUT2D eigenvalue weighted by Gasteiger charge is 2.42. The minimum absolute atomic E-state index is 0.595. The van der Waals surface area contributed by atoms with E-state index in [1.165, 1.54) is 0 Å². The van der Waals surface area contributed by atoms with Crippen molar-refractivity contribution in [3.63, 3.8) is 0 Å². The molecule has 1 unspecified atom stereocenters.